The maximum atomic E-state index is 11.4. The van der Waals surface area contributed by atoms with Crippen LogP contribution in [0.2, 0.25) is 0 Å². The van der Waals surface area contributed by atoms with E-state index in [9.17, 15) is 14.7 Å². The topological polar surface area (TPSA) is 111 Å². The number of rotatable bonds is 8. The Morgan fingerprint density at radius 3 is 2.70 bits per heavy atom. The van der Waals surface area contributed by atoms with Crippen molar-refractivity contribution in [2.75, 3.05) is 19.6 Å². The standard InChI is InChI=1S/C13H25N3O4/c1-8(5-11(9(2)17)16-13(19)20)6-14-7-10-3-4-15-12(10)18/h8-11,14,16-17H,3-7H2,1-2H3,(H,15,18)(H,19,20)/t8?,9?,10-,11-/m0/s1. The zero-order valence-corrected chi connectivity index (χ0v) is 12.1. The minimum atomic E-state index is -1.13. The van der Waals surface area contributed by atoms with Crippen LogP contribution in [-0.4, -0.2) is 54.0 Å². The van der Waals surface area contributed by atoms with Gasteiger partial charge < -0.3 is 26.2 Å². The highest BCUT2D eigenvalue weighted by Crippen LogP contribution is 2.10. The molecular formula is C13H25N3O4. The summed E-state index contributed by atoms with van der Waals surface area (Å²) in [6, 6.07) is -0.473. The molecule has 0 spiro atoms. The predicted molar refractivity (Wildman–Crippen MR) is 74.4 cm³/mol. The number of carbonyl (C=O) groups excluding carboxylic acids is 1. The highest BCUT2D eigenvalue weighted by molar-refractivity contribution is 5.80. The van der Waals surface area contributed by atoms with Gasteiger partial charge in [0.25, 0.3) is 0 Å². The van der Waals surface area contributed by atoms with Gasteiger partial charge in [-0.1, -0.05) is 6.92 Å². The van der Waals surface area contributed by atoms with Crippen LogP contribution in [-0.2, 0) is 4.79 Å². The first-order valence-electron chi connectivity index (χ1n) is 7.06. The van der Waals surface area contributed by atoms with Crippen molar-refractivity contribution in [2.45, 2.75) is 38.8 Å². The lowest BCUT2D eigenvalue weighted by molar-refractivity contribution is -0.122. The van der Waals surface area contributed by atoms with Crippen LogP contribution in [0, 0.1) is 11.8 Å². The first kappa shape index (κ1) is 16.7. The monoisotopic (exact) mass is 287 g/mol. The fourth-order valence-electron chi connectivity index (χ4n) is 2.40. The Labute approximate surface area is 119 Å². The number of aliphatic hydroxyl groups is 1. The zero-order chi connectivity index (χ0) is 15.1. The van der Waals surface area contributed by atoms with E-state index in [0.29, 0.717) is 19.5 Å². The lowest BCUT2D eigenvalue weighted by Crippen LogP contribution is -2.43. The minimum Gasteiger partial charge on any atom is -0.465 e. The van der Waals surface area contributed by atoms with Gasteiger partial charge in [-0.2, -0.15) is 0 Å². The summed E-state index contributed by atoms with van der Waals surface area (Å²) in [6.45, 7) is 5.63. The fourth-order valence-corrected chi connectivity index (χ4v) is 2.40. The highest BCUT2D eigenvalue weighted by Gasteiger charge is 2.24. The zero-order valence-electron chi connectivity index (χ0n) is 12.1. The van der Waals surface area contributed by atoms with Gasteiger partial charge >= 0.3 is 6.09 Å². The number of nitrogens with one attached hydrogen (secondary N) is 3. The van der Waals surface area contributed by atoms with E-state index in [1.165, 1.54) is 0 Å². The number of carbonyl (C=O) groups is 2. The van der Waals surface area contributed by atoms with Crippen molar-refractivity contribution in [2.24, 2.45) is 11.8 Å². The van der Waals surface area contributed by atoms with Gasteiger partial charge in [-0.3, -0.25) is 4.79 Å². The van der Waals surface area contributed by atoms with Crippen LogP contribution >= 0.6 is 0 Å². The molecule has 7 heteroatoms. The van der Waals surface area contributed by atoms with Crippen molar-refractivity contribution >= 4 is 12.0 Å². The van der Waals surface area contributed by atoms with E-state index in [2.05, 4.69) is 16.0 Å². The molecule has 0 radical (unpaired) electrons. The maximum absolute atomic E-state index is 11.4. The quantitative estimate of drug-likeness (QED) is 0.423. The molecule has 20 heavy (non-hydrogen) atoms. The van der Waals surface area contributed by atoms with Crippen LogP contribution in [0.5, 0.6) is 0 Å². The molecule has 0 saturated carbocycles. The second-order valence-electron chi connectivity index (χ2n) is 5.57. The highest BCUT2D eigenvalue weighted by atomic mass is 16.4. The molecule has 5 N–H and O–H groups in total. The molecule has 0 aromatic rings. The number of aliphatic hydroxyl groups excluding tert-OH is 1. The van der Waals surface area contributed by atoms with E-state index in [0.717, 1.165) is 13.0 Å². The molecule has 4 atom stereocenters. The third-order valence-electron chi connectivity index (χ3n) is 3.59. The number of carboxylic acid groups (broad SMARTS) is 1. The second kappa shape index (κ2) is 8.06. The van der Waals surface area contributed by atoms with Gasteiger partial charge in [0.05, 0.1) is 18.1 Å². The SMILES string of the molecule is CC(CNC[C@@H]1CCNC1=O)C[C@H](NC(=O)O)C(C)O. The predicted octanol–water partition coefficient (Wildman–Crippen LogP) is -0.245. The van der Waals surface area contributed by atoms with Gasteiger partial charge in [-0.25, -0.2) is 4.79 Å². The summed E-state index contributed by atoms with van der Waals surface area (Å²) in [7, 11) is 0. The molecule has 2 unspecified atom stereocenters. The van der Waals surface area contributed by atoms with E-state index < -0.39 is 18.2 Å². The lowest BCUT2D eigenvalue weighted by atomic mass is 9.98. The van der Waals surface area contributed by atoms with Crippen LogP contribution in [0.15, 0.2) is 0 Å². The van der Waals surface area contributed by atoms with Gasteiger partial charge in [0.1, 0.15) is 0 Å². The summed E-state index contributed by atoms with van der Waals surface area (Å²) in [5.41, 5.74) is 0. The second-order valence-corrected chi connectivity index (χ2v) is 5.57. The molecule has 1 aliphatic rings. The Morgan fingerprint density at radius 1 is 1.50 bits per heavy atom. The van der Waals surface area contributed by atoms with E-state index in [-0.39, 0.29) is 17.7 Å². The Balaban J connectivity index is 2.25. The van der Waals surface area contributed by atoms with Crippen molar-refractivity contribution in [1.29, 1.82) is 0 Å². The van der Waals surface area contributed by atoms with Crippen molar-refractivity contribution in [3.8, 4) is 0 Å². The Kier molecular flexibility index (Phi) is 6.74. The molecule has 1 heterocycles. The van der Waals surface area contributed by atoms with Gasteiger partial charge in [0, 0.05) is 13.1 Å². The minimum absolute atomic E-state index is 0.0342. The third-order valence-corrected chi connectivity index (χ3v) is 3.59. The van der Waals surface area contributed by atoms with E-state index in [1.807, 2.05) is 6.92 Å². The molecule has 1 aliphatic heterocycles. The summed E-state index contributed by atoms with van der Waals surface area (Å²) < 4.78 is 0. The van der Waals surface area contributed by atoms with Crippen molar-refractivity contribution in [3.63, 3.8) is 0 Å². The van der Waals surface area contributed by atoms with Crippen LogP contribution in [0.3, 0.4) is 0 Å². The van der Waals surface area contributed by atoms with Crippen LogP contribution in [0.4, 0.5) is 4.79 Å². The van der Waals surface area contributed by atoms with Crippen LogP contribution in [0.1, 0.15) is 26.7 Å². The average molecular weight is 287 g/mol. The molecule has 0 aliphatic carbocycles. The molecule has 1 saturated heterocycles. The molecule has 7 nitrogen and oxygen atoms in total. The molecule has 1 rings (SSSR count). The Bertz CT molecular complexity index is 336. The number of hydrogen-bond acceptors (Lipinski definition) is 4. The van der Waals surface area contributed by atoms with E-state index in [4.69, 9.17) is 5.11 Å². The van der Waals surface area contributed by atoms with E-state index in [1.54, 1.807) is 6.92 Å². The Hall–Kier alpha value is -1.34. The molecule has 0 bridgehead atoms. The average Bonchev–Trinajstić information content (AvgIpc) is 2.73. The first-order chi connectivity index (χ1) is 9.40. The summed E-state index contributed by atoms with van der Waals surface area (Å²) in [5, 5.41) is 26.6. The number of amides is 2. The summed E-state index contributed by atoms with van der Waals surface area (Å²) >= 11 is 0. The largest absolute Gasteiger partial charge is 0.465 e. The van der Waals surface area contributed by atoms with E-state index >= 15 is 0 Å². The third kappa shape index (κ3) is 5.75. The summed E-state index contributed by atoms with van der Waals surface area (Å²) in [4.78, 5) is 22.0. The number of hydrogen-bond donors (Lipinski definition) is 5. The van der Waals surface area contributed by atoms with Crippen molar-refractivity contribution in [1.82, 2.24) is 16.0 Å². The van der Waals surface area contributed by atoms with Gasteiger partial charge in [0.2, 0.25) is 5.91 Å². The maximum Gasteiger partial charge on any atom is 0.404 e. The van der Waals surface area contributed by atoms with Crippen LogP contribution < -0.4 is 16.0 Å². The van der Waals surface area contributed by atoms with Gasteiger partial charge in [-0.05, 0) is 32.2 Å². The Morgan fingerprint density at radius 2 is 2.20 bits per heavy atom. The molecule has 2 amide bonds. The first-order valence-corrected chi connectivity index (χ1v) is 7.06. The van der Waals surface area contributed by atoms with Crippen molar-refractivity contribution in [3.05, 3.63) is 0 Å². The van der Waals surface area contributed by atoms with Crippen molar-refractivity contribution < 1.29 is 19.8 Å². The van der Waals surface area contributed by atoms with Gasteiger partial charge in [0.15, 0.2) is 0 Å². The lowest BCUT2D eigenvalue weighted by Gasteiger charge is -2.23. The molecule has 1 fully saturated rings. The summed E-state index contributed by atoms with van der Waals surface area (Å²) in [5.74, 6) is 0.331. The van der Waals surface area contributed by atoms with Gasteiger partial charge in [-0.15, -0.1) is 0 Å². The molecular weight excluding hydrogens is 262 g/mol. The summed E-state index contributed by atoms with van der Waals surface area (Å²) in [6.07, 6.45) is -0.446. The smallest absolute Gasteiger partial charge is 0.404 e. The molecule has 116 valence electrons. The molecule has 0 aromatic carbocycles. The fraction of sp³-hybridized carbons (Fsp3) is 0.846. The van der Waals surface area contributed by atoms with Crippen LogP contribution in [0.25, 0.3) is 0 Å². The normalized spacial score (nSPS) is 22.9. The molecule has 0 aromatic heterocycles.